The van der Waals surface area contributed by atoms with Crippen molar-refractivity contribution in [1.82, 2.24) is 4.57 Å². The Morgan fingerprint density at radius 3 is 2.67 bits per heavy atom. The largest absolute Gasteiger partial charge is 0.313 e. The minimum atomic E-state index is -3.46. The molecule has 0 spiro atoms. The summed E-state index contributed by atoms with van der Waals surface area (Å²) in [6.07, 6.45) is 4.04. The molecule has 1 aromatic heterocycles. The molecule has 0 N–H and O–H groups in total. The van der Waals surface area contributed by atoms with Gasteiger partial charge in [0.25, 0.3) is 0 Å². The number of fused-ring (bicyclic) bond motifs is 1. The molecule has 0 unspecified atom stereocenters. The third-order valence-electron chi connectivity index (χ3n) is 4.40. The fraction of sp³-hybridized carbons (Fsp3) is 0.238. The van der Waals surface area contributed by atoms with Gasteiger partial charge in [-0.3, -0.25) is 4.79 Å². The second-order valence-corrected chi connectivity index (χ2v) is 10.9. The summed E-state index contributed by atoms with van der Waals surface area (Å²) in [7, 11) is -3.46. The van der Waals surface area contributed by atoms with E-state index in [4.69, 9.17) is 11.6 Å². The van der Waals surface area contributed by atoms with Gasteiger partial charge in [0.05, 0.1) is 20.9 Å². The van der Waals surface area contributed by atoms with E-state index >= 15 is 0 Å². The van der Waals surface area contributed by atoms with E-state index in [1.165, 1.54) is 35.6 Å². The fourth-order valence-corrected chi connectivity index (χ4v) is 5.95. The molecule has 2 aromatic carbocycles. The number of amides is 1. The summed E-state index contributed by atoms with van der Waals surface area (Å²) in [4.78, 5) is 18.6. The van der Waals surface area contributed by atoms with Gasteiger partial charge in [0.15, 0.2) is 14.6 Å². The van der Waals surface area contributed by atoms with E-state index in [0.29, 0.717) is 16.4 Å². The molecule has 0 bridgehead atoms. The SMILES string of the molecule is C=CCn1c(=NC(=O)CCCS(=O)(=O)c2ccc(Cl)cc2)sc2cc(SC)ccc21. The smallest absolute Gasteiger partial charge is 0.248 e. The molecular formula is C21H21ClN2O3S3. The van der Waals surface area contributed by atoms with E-state index < -0.39 is 9.84 Å². The van der Waals surface area contributed by atoms with Crippen molar-refractivity contribution in [3.63, 3.8) is 0 Å². The average molecular weight is 481 g/mol. The van der Waals surface area contributed by atoms with Gasteiger partial charge >= 0.3 is 0 Å². The number of carbonyl (C=O) groups excluding carboxylic acids is 1. The Hall–Kier alpha value is -1.87. The number of thiazole rings is 1. The maximum Gasteiger partial charge on any atom is 0.248 e. The molecule has 0 saturated carbocycles. The van der Waals surface area contributed by atoms with Crippen molar-refractivity contribution in [2.45, 2.75) is 29.2 Å². The first kappa shape index (κ1) is 22.8. The van der Waals surface area contributed by atoms with Crippen LogP contribution in [0.15, 0.2) is 69.9 Å². The number of halogens is 1. The van der Waals surface area contributed by atoms with Crippen LogP contribution in [0, 0.1) is 0 Å². The molecule has 0 atom stereocenters. The molecular weight excluding hydrogens is 460 g/mol. The number of rotatable bonds is 8. The van der Waals surface area contributed by atoms with Crippen molar-refractivity contribution in [2.24, 2.45) is 4.99 Å². The lowest BCUT2D eigenvalue weighted by Gasteiger charge is -2.04. The van der Waals surface area contributed by atoms with Crippen LogP contribution in [0.4, 0.5) is 0 Å². The molecule has 30 heavy (non-hydrogen) atoms. The zero-order chi connectivity index (χ0) is 21.7. The predicted octanol–water partition coefficient (Wildman–Crippen LogP) is 4.95. The number of aromatic nitrogens is 1. The van der Waals surface area contributed by atoms with Crippen LogP contribution in [0.1, 0.15) is 12.8 Å². The molecule has 3 rings (SSSR count). The van der Waals surface area contributed by atoms with Gasteiger partial charge < -0.3 is 4.57 Å². The number of hydrogen-bond acceptors (Lipinski definition) is 5. The highest BCUT2D eigenvalue weighted by Gasteiger charge is 2.15. The zero-order valence-electron chi connectivity index (χ0n) is 16.4. The second-order valence-electron chi connectivity index (χ2n) is 6.50. The van der Waals surface area contributed by atoms with E-state index in [0.717, 1.165) is 15.1 Å². The Labute approximate surface area is 189 Å². The van der Waals surface area contributed by atoms with E-state index in [2.05, 4.69) is 17.6 Å². The van der Waals surface area contributed by atoms with Gasteiger partial charge in [-0.25, -0.2) is 8.42 Å². The molecule has 0 fully saturated rings. The first-order chi connectivity index (χ1) is 14.3. The van der Waals surface area contributed by atoms with Crippen LogP contribution in [-0.2, 0) is 21.2 Å². The van der Waals surface area contributed by atoms with Crippen LogP contribution in [0.2, 0.25) is 5.02 Å². The molecule has 0 aliphatic rings. The number of nitrogens with zero attached hydrogens (tertiary/aromatic N) is 2. The summed E-state index contributed by atoms with van der Waals surface area (Å²) >= 11 is 8.90. The number of allylic oxidation sites excluding steroid dienone is 1. The minimum absolute atomic E-state index is 0.0607. The summed E-state index contributed by atoms with van der Waals surface area (Å²) in [5, 5.41) is 0.476. The van der Waals surface area contributed by atoms with Crippen molar-refractivity contribution < 1.29 is 13.2 Å². The van der Waals surface area contributed by atoms with Crippen molar-refractivity contribution in [3.8, 4) is 0 Å². The lowest BCUT2D eigenvalue weighted by molar-refractivity contribution is -0.118. The third kappa shape index (κ3) is 5.43. The lowest BCUT2D eigenvalue weighted by Crippen LogP contribution is -2.16. The highest BCUT2D eigenvalue weighted by Crippen LogP contribution is 2.24. The molecule has 9 heteroatoms. The Bertz CT molecular complexity index is 1240. The normalized spacial score (nSPS) is 12.4. The van der Waals surface area contributed by atoms with E-state index in [1.54, 1.807) is 17.8 Å². The number of sulfone groups is 1. The zero-order valence-corrected chi connectivity index (χ0v) is 19.6. The Morgan fingerprint density at radius 1 is 1.27 bits per heavy atom. The topological polar surface area (TPSA) is 68.5 Å². The molecule has 158 valence electrons. The number of carbonyl (C=O) groups is 1. The predicted molar refractivity (Wildman–Crippen MR) is 125 cm³/mol. The van der Waals surface area contributed by atoms with Gasteiger partial charge in [0.1, 0.15) is 0 Å². The summed E-state index contributed by atoms with van der Waals surface area (Å²) < 4.78 is 27.8. The Kier molecular flexibility index (Phi) is 7.57. The van der Waals surface area contributed by atoms with Crippen molar-refractivity contribution in [2.75, 3.05) is 12.0 Å². The van der Waals surface area contributed by atoms with Gasteiger partial charge in [-0.1, -0.05) is 29.0 Å². The Morgan fingerprint density at radius 2 is 2.00 bits per heavy atom. The van der Waals surface area contributed by atoms with Crippen LogP contribution in [0.5, 0.6) is 0 Å². The summed E-state index contributed by atoms with van der Waals surface area (Å²) in [5.41, 5.74) is 0.995. The molecule has 0 aliphatic carbocycles. The monoisotopic (exact) mass is 480 g/mol. The third-order valence-corrected chi connectivity index (χ3v) is 8.23. The maximum atomic E-state index is 12.4. The molecule has 0 saturated heterocycles. The minimum Gasteiger partial charge on any atom is -0.313 e. The van der Waals surface area contributed by atoms with Gasteiger partial charge in [0.2, 0.25) is 5.91 Å². The van der Waals surface area contributed by atoms with Gasteiger partial charge in [-0.15, -0.1) is 18.3 Å². The van der Waals surface area contributed by atoms with Crippen LogP contribution < -0.4 is 4.80 Å². The number of benzene rings is 2. The quantitative estimate of drug-likeness (QED) is 0.338. The first-order valence-electron chi connectivity index (χ1n) is 9.18. The van der Waals surface area contributed by atoms with Gasteiger partial charge in [-0.05, 0) is 55.1 Å². The average Bonchev–Trinajstić information content (AvgIpc) is 3.04. The molecule has 1 amide bonds. The second kappa shape index (κ2) is 9.96. The van der Waals surface area contributed by atoms with Crippen LogP contribution >= 0.6 is 34.7 Å². The van der Waals surface area contributed by atoms with Gasteiger partial charge in [0, 0.05) is 22.9 Å². The van der Waals surface area contributed by atoms with Crippen LogP contribution in [0.25, 0.3) is 10.2 Å². The van der Waals surface area contributed by atoms with Crippen molar-refractivity contribution in [3.05, 3.63) is 64.9 Å². The molecule has 1 heterocycles. The summed E-state index contributed by atoms with van der Waals surface area (Å²) in [6.45, 7) is 4.32. The first-order valence-corrected chi connectivity index (χ1v) is 13.3. The fourth-order valence-electron chi connectivity index (χ4n) is 2.91. The van der Waals surface area contributed by atoms with Gasteiger partial charge in [-0.2, -0.15) is 4.99 Å². The molecule has 5 nitrogen and oxygen atoms in total. The van der Waals surface area contributed by atoms with Crippen molar-refractivity contribution in [1.29, 1.82) is 0 Å². The maximum absolute atomic E-state index is 12.4. The van der Waals surface area contributed by atoms with E-state index in [-0.39, 0.29) is 29.4 Å². The Balaban J connectivity index is 1.76. The standard InChI is InChI=1S/C21H21ClN2O3S3/c1-3-12-24-18-11-8-16(28-2)14-19(18)29-21(24)23-20(25)5-4-13-30(26,27)17-9-6-15(22)7-10-17/h3,6-11,14H,1,4-5,12-13H2,2H3. The summed E-state index contributed by atoms with van der Waals surface area (Å²) in [6, 6.07) is 12.2. The molecule has 3 aromatic rings. The van der Waals surface area contributed by atoms with E-state index in [1.807, 2.05) is 23.0 Å². The van der Waals surface area contributed by atoms with Crippen LogP contribution in [-0.4, -0.2) is 30.9 Å². The number of thioether (sulfide) groups is 1. The highest BCUT2D eigenvalue weighted by molar-refractivity contribution is 7.98. The summed E-state index contributed by atoms with van der Waals surface area (Å²) in [5.74, 6) is -0.456. The van der Waals surface area contributed by atoms with Crippen LogP contribution in [0.3, 0.4) is 0 Å². The molecule has 0 aliphatic heterocycles. The number of hydrogen-bond donors (Lipinski definition) is 0. The van der Waals surface area contributed by atoms with E-state index in [9.17, 15) is 13.2 Å². The molecule has 0 radical (unpaired) electrons. The highest BCUT2D eigenvalue weighted by atomic mass is 35.5. The van der Waals surface area contributed by atoms with Crippen molar-refractivity contribution >= 4 is 60.7 Å². The lowest BCUT2D eigenvalue weighted by atomic mass is 10.3.